The molecule has 0 bridgehead atoms. The van der Waals surface area contributed by atoms with Gasteiger partial charge in [-0.15, -0.1) is 11.3 Å². The molecule has 0 atom stereocenters. The number of alkyl halides is 1. The Bertz CT molecular complexity index is 388. The monoisotopic (exact) mass is 315 g/mol. The van der Waals surface area contributed by atoms with E-state index in [4.69, 9.17) is 0 Å². The second-order valence-corrected chi connectivity index (χ2v) is 7.32. The summed E-state index contributed by atoms with van der Waals surface area (Å²) < 4.78 is 0. The fourth-order valence-corrected chi connectivity index (χ4v) is 3.60. The highest BCUT2D eigenvalue weighted by molar-refractivity contribution is 9.09. The lowest BCUT2D eigenvalue weighted by atomic mass is 9.95. The van der Waals surface area contributed by atoms with E-state index in [1.165, 1.54) is 10.4 Å². The molecule has 0 aromatic carbocycles. The van der Waals surface area contributed by atoms with Gasteiger partial charge in [0.15, 0.2) is 0 Å². The van der Waals surface area contributed by atoms with Crippen molar-refractivity contribution in [2.75, 3.05) is 0 Å². The van der Waals surface area contributed by atoms with Gasteiger partial charge in [-0.1, -0.05) is 15.9 Å². The van der Waals surface area contributed by atoms with Crippen LogP contribution in [0.15, 0.2) is 6.07 Å². The molecular weight excluding hydrogens is 298 g/mol. The third-order valence-electron chi connectivity index (χ3n) is 3.38. The number of aryl methyl sites for hydroxylation is 2. The average molecular weight is 316 g/mol. The lowest BCUT2D eigenvalue weighted by molar-refractivity contribution is 0.0932. The first kappa shape index (κ1) is 13.1. The highest BCUT2D eigenvalue weighted by Crippen LogP contribution is 2.25. The summed E-state index contributed by atoms with van der Waals surface area (Å²) >= 11 is 5.22. The molecule has 17 heavy (non-hydrogen) atoms. The van der Waals surface area contributed by atoms with Crippen molar-refractivity contribution in [3.05, 3.63) is 21.4 Å². The number of nitrogens with one attached hydrogen (secondary N) is 1. The van der Waals surface area contributed by atoms with Crippen molar-refractivity contribution in [3.63, 3.8) is 0 Å². The lowest BCUT2D eigenvalue weighted by Crippen LogP contribution is -2.37. The highest BCUT2D eigenvalue weighted by Gasteiger charge is 2.21. The first-order valence-electron chi connectivity index (χ1n) is 6.08. The van der Waals surface area contributed by atoms with E-state index >= 15 is 0 Å². The fraction of sp³-hybridized carbons (Fsp3) is 0.615. The van der Waals surface area contributed by atoms with Crippen molar-refractivity contribution < 1.29 is 4.79 Å². The predicted octanol–water partition coefficient (Wildman–Crippen LogP) is 3.80. The van der Waals surface area contributed by atoms with Crippen molar-refractivity contribution >= 4 is 33.2 Å². The van der Waals surface area contributed by atoms with Crippen molar-refractivity contribution in [1.29, 1.82) is 0 Å². The van der Waals surface area contributed by atoms with Crippen LogP contribution in [0.1, 0.15) is 45.8 Å². The quantitative estimate of drug-likeness (QED) is 0.826. The topological polar surface area (TPSA) is 29.1 Å². The summed E-state index contributed by atoms with van der Waals surface area (Å²) in [5.41, 5.74) is 1.21. The van der Waals surface area contributed by atoms with Crippen LogP contribution in [0.5, 0.6) is 0 Å². The SMILES string of the molecule is Cc1cc(C(=O)NC2CCC(Br)CC2)sc1C. The lowest BCUT2D eigenvalue weighted by Gasteiger charge is -2.25. The minimum Gasteiger partial charge on any atom is -0.349 e. The molecule has 1 aliphatic rings. The van der Waals surface area contributed by atoms with E-state index in [-0.39, 0.29) is 5.91 Å². The summed E-state index contributed by atoms with van der Waals surface area (Å²) in [6.45, 7) is 4.12. The molecule has 1 N–H and O–H groups in total. The van der Waals surface area contributed by atoms with E-state index in [0.717, 1.165) is 30.6 Å². The molecule has 1 heterocycles. The number of hydrogen-bond donors (Lipinski definition) is 1. The number of carbonyl (C=O) groups excluding carboxylic acids is 1. The normalized spacial score (nSPS) is 24.6. The minimum absolute atomic E-state index is 0.101. The van der Waals surface area contributed by atoms with E-state index < -0.39 is 0 Å². The Morgan fingerprint density at radius 1 is 1.35 bits per heavy atom. The van der Waals surface area contributed by atoms with E-state index in [1.807, 2.05) is 6.07 Å². The first-order valence-corrected chi connectivity index (χ1v) is 7.81. The van der Waals surface area contributed by atoms with Crippen molar-refractivity contribution in [2.45, 2.75) is 50.4 Å². The number of carbonyl (C=O) groups is 1. The molecule has 0 saturated heterocycles. The van der Waals surface area contributed by atoms with Gasteiger partial charge in [-0.05, 0) is 51.2 Å². The van der Waals surface area contributed by atoms with Gasteiger partial charge >= 0.3 is 0 Å². The smallest absolute Gasteiger partial charge is 0.261 e. The third-order valence-corrected chi connectivity index (χ3v) is 5.45. The standard InChI is InChI=1S/C13H18BrNOS/c1-8-7-12(17-9(8)2)13(16)15-11-5-3-10(14)4-6-11/h7,10-11H,3-6H2,1-2H3,(H,15,16). The van der Waals surface area contributed by atoms with Gasteiger partial charge in [0.1, 0.15) is 0 Å². The van der Waals surface area contributed by atoms with E-state index in [0.29, 0.717) is 10.9 Å². The van der Waals surface area contributed by atoms with Crippen LogP contribution < -0.4 is 5.32 Å². The maximum atomic E-state index is 12.0. The second-order valence-electron chi connectivity index (χ2n) is 4.77. The molecule has 4 heteroatoms. The highest BCUT2D eigenvalue weighted by atomic mass is 79.9. The molecule has 94 valence electrons. The van der Waals surface area contributed by atoms with Gasteiger partial charge in [0.2, 0.25) is 0 Å². The van der Waals surface area contributed by atoms with Crippen LogP contribution in [0.25, 0.3) is 0 Å². The van der Waals surface area contributed by atoms with Crippen molar-refractivity contribution in [1.82, 2.24) is 5.32 Å². The summed E-state index contributed by atoms with van der Waals surface area (Å²) in [7, 11) is 0. The fourth-order valence-electron chi connectivity index (χ4n) is 2.14. The zero-order chi connectivity index (χ0) is 12.4. The molecule has 0 spiro atoms. The molecule has 1 amide bonds. The van der Waals surface area contributed by atoms with Crippen LogP contribution in [-0.4, -0.2) is 16.8 Å². The van der Waals surface area contributed by atoms with Gasteiger partial charge in [0.05, 0.1) is 4.88 Å². The number of hydrogen-bond acceptors (Lipinski definition) is 2. The molecule has 1 saturated carbocycles. The van der Waals surface area contributed by atoms with E-state index in [1.54, 1.807) is 11.3 Å². The summed E-state index contributed by atoms with van der Waals surface area (Å²) in [4.78, 5) is 14.8. The average Bonchev–Trinajstić information content (AvgIpc) is 2.63. The molecule has 1 aromatic rings. The van der Waals surface area contributed by atoms with Crippen LogP contribution in [0.2, 0.25) is 0 Å². The van der Waals surface area contributed by atoms with Crippen LogP contribution in [0.4, 0.5) is 0 Å². The van der Waals surface area contributed by atoms with E-state index in [9.17, 15) is 4.79 Å². The molecule has 2 rings (SSSR count). The Kier molecular flexibility index (Phi) is 4.26. The Balaban J connectivity index is 1.93. The molecule has 1 aliphatic carbocycles. The third kappa shape index (κ3) is 3.32. The zero-order valence-electron chi connectivity index (χ0n) is 10.3. The molecule has 1 aromatic heterocycles. The molecule has 2 nitrogen and oxygen atoms in total. The summed E-state index contributed by atoms with van der Waals surface area (Å²) in [5.74, 6) is 0.101. The number of thiophene rings is 1. The first-order chi connectivity index (χ1) is 8.06. The Morgan fingerprint density at radius 3 is 2.53 bits per heavy atom. The van der Waals surface area contributed by atoms with Crippen molar-refractivity contribution in [2.24, 2.45) is 0 Å². The van der Waals surface area contributed by atoms with Gasteiger partial charge < -0.3 is 5.32 Å². The Morgan fingerprint density at radius 2 is 2.00 bits per heavy atom. The largest absolute Gasteiger partial charge is 0.349 e. The van der Waals surface area contributed by atoms with Gasteiger partial charge in [-0.25, -0.2) is 0 Å². The van der Waals surface area contributed by atoms with Crippen LogP contribution in [-0.2, 0) is 0 Å². The van der Waals surface area contributed by atoms with Gasteiger partial charge in [-0.2, -0.15) is 0 Å². The number of halogens is 1. The molecule has 0 aliphatic heterocycles. The van der Waals surface area contributed by atoms with Crippen LogP contribution in [0, 0.1) is 13.8 Å². The predicted molar refractivity (Wildman–Crippen MR) is 76.2 cm³/mol. The molecule has 0 unspecified atom stereocenters. The Labute approximate surface area is 115 Å². The molecular formula is C13H18BrNOS. The Hall–Kier alpha value is -0.350. The molecule has 1 fully saturated rings. The summed E-state index contributed by atoms with van der Waals surface area (Å²) in [6.07, 6.45) is 4.50. The maximum Gasteiger partial charge on any atom is 0.261 e. The van der Waals surface area contributed by atoms with Crippen molar-refractivity contribution in [3.8, 4) is 0 Å². The zero-order valence-corrected chi connectivity index (χ0v) is 12.7. The summed E-state index contributed by atoms with van der Waals surface area (Å²) in [5, 5.41) is 3.15. The minimum atomic E-state index is 0.101. The molecule has 0 radical (unpaired) electrons. The maximum absolute atomic E-state index is 12.0. The van der Waals surface area contributed by atoms with Gasteiger partial charge in [0.25, 0.3) is 5.91 Å². The van der Waals surface area contributed by atoms with Crippen LogP contribution >= 0.6 is 27.3 Å². The number of rotatable bonds is 2. The van der Waals surface area contributed by atoms with E-state index in [2.05, 4.69) is 35.1 Å². The van der Waals surface area contributed by atoms with Gasteiger partial charge in [-0.3, -0.25) is 4.79 Å². The summed E-state index contributed by atoms with van der Waals surface area (Å²) in [6, 6.07) is 2.35. The van der Waals surface area contributed by atoms with Gasteiger partial charge in [0, 0.05) is 15.7 Å². The second kappa shape index (κ2) is 5.53. The van der Waals surface area contributed by atoms with Crippen LogP contribution in [0.3, 0.4) is 0 Å². The number of amides is 1.